The predicted octanol–water partition coefficient (Wildman–Crippen LogP) is 8.49. The summed E-state index contributed by atoms with van der Waals surface area (Å²) >= 11 is 0. The number of carbonyl (C=O) groups excluding carboxylic acids is 2. The Bertz CT molecular complexity index is 1600. The number of hydrogen-bond acceptors (Lipinski definition) is 4. The Balaban J connectivity index is 1.23. The Kier molecular flexibility index (Phi) is 11.9. The number of nitrogens with zero attached hydrogens (tertiary/aromatic N) is 2. The second kappa shape index (κ2) is 16.7. The molecular weight excluding hydrogens is 586 g/mol. The van der Waals surface area contributed by atoms with Crippen molar-refractivity contribution < 1.29 is 19.5 Å². The number of anilines is 2. The predicted molar refractivity (Wildman–Crippen MR) is 189 cm³/mol. The maximum Gasteiger partial charge on any atom is 0.412 e. The van der Waals surface area contributed by atoms with Crippen LogP contribution in [0, 0.1) is 0 Å². The number of aryl methyl sites for hydroxylation is 2. The molecule has 0 bridgehead atoms. The van der Waals surface area contributed by atoms with Crippen LogP contribution in [0.1, 0.15) is 66.4 Å². The molecule has 7 heteroatoms. The zero-order valence-electron chi connectivity index (χ0n) is 27.2. The molecule has 244 valence electrons. The van der Waals surface area contributed by atoms with E-state index in [4.69, 9.17) is 0 Å². The van der Waals surface area contributed by atoms with Gasteiger partial charge in [-0.25, -0.2) is 4.79 Å². The topological polar surface area (TPSA) is 89.9 Å². The number of carbonyl (C=O) groups is 3. The van der Waals surface area contributed by atoms with Gasteiger partial charge < -0.3 is 15.3 Å². The Morgan fingerprint density at radius 1 is 0.787 bits per heavy atom. The summed E-state index contributed by atoms with van der Waals surface area (Å²) in [5.74, 6) is -0.0982. The van der Waals surface area contributed by atoms with Crippen molar-refractivity contribution in [2.45, 2.75) is 69.9 Å². The molecule has 7 nitrogen and oxygen atoms in total. The molecule has 1 saturated carbocycles. The molecule has 0 heterocycles. The molecular formula is C40H45N3O4. The van der Waals surface area contributed by atoms with Crippen molar-refractivity contribution >= 4 is 29.7 Å². The molecule has 0 unspecified atom stereocenters. The van der Waals surface area contributed by atoms with Gasteiger partial charge in [-0.05, 0) is 112 Å². The number of amides is 2. The van der Waals surface area contributed by atoms with E-state index >= 15 is 0 Å². The van der Waals surface area contributed by atoms with Crippen LogP contribution in [0.2, 0.25) is 0 Å². The van der Waals surface area contributed by atoms with Crippen LogP contribution in [0.4, 0.5) is 16.2 Å². The van der Waals surface area contributed by atoms with E-state index in [1.54, 1.807) is 29.2 Å². The van der Waals surface area contributed by atoms with Crippen molar-refractivity contribution in [1.82, 2.24) is 4.90 Å². The largest absolute Gasteiger partial charge is 0.465 e. The summed E-state index contributed by atoms with van der Waals surface area (Å²) in [6.07, 6.45) is 7.15. The summed E-state index contributed by atoms with van der Waals surface area (Å²) in [6.45, 7) is 1.03. The van der Waals surface area contributed by atoms with Crippen LogP contribution < -0.4 is 10.2 Å². The fourth-order valence-electron chi connectivity index (χ4n) is 6.69. The summed E-state index contributed by atoms with van der Waals surface area (Å²) in [4.78, 5) is 40.5. The molecule has 47 heavy (non-hydrogen) atoms. The SMILES string of the molecule is CN(CCCc1ccccc1)C1CCC(N(C(=O)O)c2cc(CCCC(=O)Nc3ccc(C=O)cc3)ccc2-c2ccccc2)CC1. The van der Waals surface area contributed by atoms with Crippen molar-refractivity contribution in [2.75, 3.05) is 23.8 Å². The Hall–Kier alpha value is -4.75. The molecule has 5 rings (SSSR count). The van der Waals surface area contributed by atoms with Gasteiger partial charge in [0.2, 0.25) is 5.91 Å². The van der Waals surface area contributed by atoms with E-state index in [9.17, 15) is 19.5 Å². The van der Waals surface area contributed by atoms with Gasteiger partial charge in [0, 0.05) is 35.3 Å². The number of benzene rings is 4. The average Bonchev–Trinajstić information content (AvgIpc) is 3.10. The van der Waals surface area contributed by atoms with Crippen LogP contribution in [0.25, 0.3) is 11.1 Å². The van der Waals surface area contributed by atoms with Gasteiger partial charge in [0.25, 0.3) is 0 Å². The van der Waals surface area contributed by atoms with E-state index < -0.39 is 6.09 Å². The quantitative estimate of drug-likeness (QED) is 0.136. The van der Waals surface area contributed by atoms with E-state index in [0.717, 1.165) is 68.0 Å². The number of hydrogen-bond donors (Lipinski definition) is 2. The number of aldehydes is 1. The summed E-state index contributed by atoms with van der Waals surface area (Å²) < 4.78 is 0. The zero-order chi connectivity index (χ0) is 33.0. The lowest BCUT2D eigenvalue weighted by Crippen LogP contribution is -2.45. The fraction of sp³-hybridized carbons (Fsp3) is 0.325. The van der Waals surface area contributed by atoms with E-state index in [1.165, 1.54) is 5.56 Å². The van der Waals surface area contributed by atoms with Gasteiger partial charge in [-0.15, -0.1) is 0 Å². The van der Waals surface area contributed by atoms with Crippen LogP contribution in [0.5, 0.6) is 0 Å². The van der Waals surface area contributed by atoms with Crippen molar-refractivity contribution in [3.05, 3.63) is 120 Å². The second-order valence-electron chi connectivity index (χ2n) is 12.5. The molecule has 2 amide bonds. The molecule has 0 atom stereocenters. The Morgan fingerprint density at radius 2 is 1.43 bits per heavy atom. The van der Waals surface area contributed by atoms with Crippen molar-refractivity contribution in [1.29, 1.82) is 0 Å². The van der Waals surface area contributed by atoms with Gasteiger partial charge in [-0.3, -0.25) is 14.5 Å². The van der Waals surface area contributed by atoms with Gasteiger partial charge in [-0.2, -0.15) is 0 Å². The summed E-state index contributed by atoms with van der Waals surface area (Å²) in [7, 11) is 2.20. The first-order valence-electron chi connectivity index (χ1n) is 16.7. The van der Waals surface area contributed by atoms with Crippen molar-refractivity contribution in [3.63, 3.8) is 0 Å². The minimum Gasteiger partial charge on any atom is -0.465 e. The summed E-state index contributed by atoms with van der Waals surface area (Å²) in [5.41, 5.74) is 6.16. The zero-order valence-corrected chi connectivity index (χ0v) is 27.2. The van der Waals surface area contributed by atoms with Gasteiger partial charge in [0.15, 0.2) is 0 Å². The number of rotatable bonds is 14. The molecule has 1 aliphatic rings. The molecule has 0 radical (unpaired) electrons. The molecule has 1 aliphatic carbocycles. The van der Waals surface area contributed by atoms with E-state index in [-0.39, 0.29) is 11.9 Å². The standard InChI is InChI=1S/C40H45N3O4/c1-42(27-9-13-30-10-4-2-5-11-30)35-22-24-36(25-23-35)43(40(46)47)38-28-31(19-26-37(38)33-14-6-3-7-15-33)12-8-16-39(45)41-34-20-17-32(29-44)18-21-34/h2-7,10-11,14-15,17-21,26,28-29,35-36H,8-9,12-13,16,22-25,27H2,1H3,(H,41,45)(H,46,47). The first-order chi connectivity index (χ1) is 22.9. The number of nitrogens with one attached hydrogen (secondary N) is 1. The molecule has 2 N–H and O–H groups in total. The molecule has 0 aromatic heterocycles. The maximum absolute atomic E-state index is 12.9. The minimum atomic E-state index is -0.932. The van der Waals surface area contributed by atoms with Crippen LogP contribution >= 0.6 is 0 Å². The second-order valence-corrected chi connectivity index (χ2v) is 12.5. The van der Waals surface area contributed by atoms with E-state index in [1.807, 2.05) is 48.5 Å². The monoisotopic (exact) mass is 631 g/mol. The highest BCUT2D eigenvalue weighted by atomic mass is 16.4. The van der Waals surface area contributed by atoms with Gasteiger partial charge >= 0.3 is 6.09 Å². The molecule has 0 aliphatic heterocycles. The first kappa shape index (κ1) is 33.6. The van der Waals surface area contributed by atoms with E-state index in [2.05, 4.69) is 47.6 Å². The highest BCUT2D eigenvalue weighted by Crippen LogP contribution is 2.37. The summed E-state index contributed by atoms with van der Waals surface area (Å²) in [6, 6.07) is 33.7. The van der Waals surface area contributed by atoms with Crippen LogP contribution in [0.15, 0.2) is 103 Å². The average molecular weight is 632 g/mol. The third kappa shape index (κ3) is 9.39. The summed E-state index contributed by atoms with van der Waals surface area (Å²) in [5, 5.41) is 13.5. The Labute approximate surface area is 278 Å². The fourth-order valence-corrected chi connectivity index (χ4v) is 6.69. The van der Waals surface area contributed by atoms with Crippen LogP contribution in [0.3, 0.4) is 0 Å². The number of carboxylic acid groups (broad SMARTS) is 1. The lowest BCUT2D eigenvalue weighted by Gasteiger charge is -2.39. The molecule has 0 spiro atoms. The van der Waals surface area contributed by atoms with Crippen LogP contribution in [-0.4, -0.2) is 54.0 Å². The highest BCUT2D eigenvalue weighted by Gasteiger charge is 2.32. The molecule has 0 saturated heterocycles. The maximum atomic E-state index is 12.9. The van der Waals surface area contributed by atoms with Gasteiger partial charge in [0.1, 0.15) is 6.29 Å². The van der Waals surface area contributed by atoms with E-state index in [0.29, 0.717) is 42.2 Å². The highest BCUT2D eigenvalue weighted by molar-refractivity contribution is 5.94. The molecule has 4 aromatic rings. The third-order valence-corrected chi connectivity index (χ3v) is 9.29. The minimum absolute atomic E-state index is 0.0982. The van der Waals surface area contributed by atoms with Crippen molar-refractivity contribution in [2.24, 2.45) is 0 Å². The lowest BCUT2D eigenvalue weighted by molar-refractivity contribution is -0.116. The third-order valence-electron chi connectivity index (χ3n) is 9.29. The Morgan fingerprint density at radius 3 is 2.09 bits per heavy atom. The smallest absolute Gasteiger partial charge is 0.412 e. The lowest BCUT2D eigenvalue weighted by atomic mass is 9.88. The van der Waals surface area contributed by atoms with Gasteiger partial charge in [-0.1, -0.05) is 72.8 Å². The van der Waals surface area contributed by atoms with Gasteiger partial charge in [0.05, 0.1) is 5.69 Å². The molecule has 4 aromatic carbocycles. The van der Waals surface area contributed by atoms with Crippen molar-refractivity contribution in [3.8, 4) is 11.1 Å². The first-order valence-corrected chi connectivity index (χ1v) is 16.7. The molecule has 1 fully saturated rings. The van der Waals surface area contributed by atoms with Crippen LogP contribution in [-0.2, 0) is 17.6 Å². The normalized spacial score (nSPS) is 16.0.